The summed E-state index contributed by atoms with van der Waals surface area (Å²) in [6.45, 7) is 11.5. The summed E-state index contributed by atoms with van der Waals surface area (Å²) in [5, 5.41) is 0. The van der Waals surface area contributed by atoms with Crippen molar-refractivity contribution >= 4 is 11.9 Å². The Morgan fingerprint density at radius 2 is 1.71 bits per heavy atom. The van der Waals surface area contributed by atoms with Crippen molar-refractivity contribution in [1.82, 2.24) is 0 Å². The minimum atomic E-state index is -0.434. The van der Waals surface area contributed by atoms with Crippen LogP contribution in [0, 0.1) is 5.92 Å². The maximum absolute atomic E-state index is 10.8. The first kappa shape index (κ1) is 21.6. The van der Waals surface area contributed by atoms with Crippen molar-refractivity contribution in [3.8, 4) is 5.75 Å². The minimum Gasteiger partial charge on any atom is -0.462 e. The van der Waals surface area contributed by atoms with Crippen LogP contribution in [0.3, 0.4) is 0 Å². The minimum absolute atomic E-state index is 0.310. The van der Waals surface area contributed by atoms with Crippen LogP contribution in [0.5, 0.6) is 5.75 Å². The average molecular weight is 332 g/mol. The number of benzene rings is 1. The Balaban J connectivity index is 0.000000446. The second-order valence-electron chi connectivity index (χ2n) is 5.19. The zero-order valence-corrected chi connectivity index (χ0v) is 14.7. The fourth-order valence-corrected chi connectivity index (χ4v) is 1.80. The third-order valence-electron chi connectivity index (χ3n) is 3.30. The second kappa shape index (κ2) is 14.2. The fraction of sp³-hybridized carbons (Fsp3) is 0.400. The van der Waals surface area contributed by atoms with Gasteiger partial charge in [-0.15, -0.1) is 0 Å². The van der Waals surface area contributed by atoms with Gasteiger partial charge in [-0.3, -0.25) is 0 Å². The standard InChI is InChI=1S/C11H20O2.C9H8O2/c1-4-7-8-10(5-2)9-13-11(12)6-3;1-2-9(10)11-8-6-4-3-5-7-8/h6,10H,3-5,7-9H2,1-2H3;2-7H,1H2. The summed E-state index contributed by atoms with van der Waals surface area (Å²) >= 11 is 0. The van der Waals surface area contributed by atoms with Gasteiger partial charge in [0, 0.05) is 12.2 Å². The van der Waals surface area contributed by atoms with Crippen LogP contribution in [0.1, 0.15) is 39.5 Å². The Hall–Kier alpha value is -2.36. The van der Waals surface area contributed by atoms with Gasteiger partial charge >= 0.3 is 11.9 Å². The van der Waals surface area contributed by atoms with Crippen molar-refractivity contribution in [2.45, 2.75) is 39.5 Å². The number of carbonyl (C=O) groups is 2. The number of unbranched alkanes of at least 4 members (excludes halogenated alkanes) is 1. The van der Waals surface area contributed by atoms with Gasteiger partial charge in [0.2, 0.25) is 0 Å². The molecule has 0 saturated heterocycles. The first-order valence-corrected chi connectivity index (χ1v) is 8.25. The third kappa shape index (κ3) is 11.2. The Bertz CT molecular complexity index is 494. The number of rotatable bonds is 9. The van der Waals surface area contributed by atoms with Gasteiger partial charge in [-0.25, -0.2) is 9.59 Å². The molecule has 1 aromatic carbocycles. The highest BCUT2D eigenvalue weighted by Crippen LogP contribution is 2.12. The van der Waals surface area contributed by atoms with Gasteiger partial charge in [0.15, 0.2) is 0 Å². The van der Waals surface area contributed by atoms with E-state index in [0.29, 0.717) is 18.3 Å². The van der Waals surface area contributed by atoms with Crippen LogP contribution in [0.15, 0.2) is 55.6 Å². The maximum atomic E-state index is 10.8. The lowest BCUT2D eigenvalue weighted by molar-refractivity contribution is -0.139. The zero-order valence-electron chi connectivity index (χ0n) is 14.7. The van der Waals surface area contributed by atoms with E-state index in [2.05, 4.69) is 27.0 Å². The summed E-state index contributed by atoms with van der Waals surface area (Å²) in [6, 6.07) is 8.87. The predicted octanol–water partition coefficient (Wildman–Crippen LogP) is 4.71. The van der Waals surface area contributed by atoms with Crippen LogP contribution < -0.4 is 4.74 Å². The second-order valence-corrected chi connectivity index (χ2v) is 5.19. The lowest BCUT2D eigenvalue weighted by Crippen LogP contribution is -2.12. The molecular formula is C20H28O4. The lowest BCUT2D eigenvalue weighted by atomic mass is 10.0. The van der Waals surface area contributed by atoms with Crippen molar-refractivity contribution in [1.29, 1.82) is 0 Å². The molecule has 0 bridgehead atoms. The maximum Gasteiger partial charge on any atom is 0.335 e. The highest BCUT2D eigenvalue weighted by atomic mass is 16.5. The Kier molecular flexibility index (Phi) is 12.8. The van der Waals surface area contributed by atoms with Gasteiger partial charge in [-0.05, 0) is 24.5 Å². The molecule has 0 aliphatic carbocycles. The fourth-order valence-electron chi connectivity index (χ4n) is 1.80. The van der Waals surface area contributed by atoms with Gasteiger partial charge in [-0.2, -0.15) is 0 Å². The van der Waals surface area contributed by atoms with Gasteiger partial charge in [0.25, 0.3) is 0 Å². The quantitative estimate of drug-likeness (QED) is 0.373. The molecule has 132 valence electrons. The summed E-state index contributed by atoms with van der Waals surface area (Å²) in [7, 11) is 0. The van der Waals surface area contributed by atoms with Crippen LogP contribution in [0.4, 0.5) is 0 Å². The van der Waals surface area contributed by atoms with E-state index in [1.807, 2.05) is 6.07 Å². The smallest absolute Gasteiger partial charge is 0.335 e. The van der Waals surface area contributed by atoms with E-state index >= 15 is 0 Å². The number of ether oxygens (including phenoxy) is 2. The van der Waals surface area contributed by atoms with E-state index in [9.17, 15) is 9.59 Å². The molecule has 1 unspecified atom stereocenters. The molecule has 4 heteroatoms. The molecule has 0 heterocycles. The normalized spacial score (nSPS) is 10.6. The molecule has 24 heavy (non-hydrogen) atoms. The summed E-state index contributed by atoms with van der Waals surface area (Å²) in [6.07, 6.45) is 6.98. The number of hydrogen-bond donors (Lipinski definition) is 0. The van der Waals surface area contributed by atoms with Gasteiger partial charge in [-0.1, -0.05) is 64.5 Å². The number of hydrogen-bond acceptors (Lipinski definition) is 4. The van der Waals surface area contributed by atoms with E-state index in [0.717, 1.165) is 18.9 Å². The topological polar surface area (TPSA) is 52.6 Å². The van der Waals surface area contributed by atoms with Crippen molar-refractivity contribution in [3.05, 3.63) is 55.6 Å². The van der Waals surface area contributed by atoms with Crippen LogP contribution in [0.2, 0.25) is 0 Å². The Labute approximate surface area is 145 Å². The number of para-hydroxylation sites is 1. The van der Waals surface area contributed by atoms with Gasteiger partial charge in [0.1, 0.15) is 5.75 Å². The highest BCUT2D eigenvalue weighted by molar-refractivity contribution is 5.83. The molecule has 1 aromatic rings. The summed E-state index contributed by atoms with van der Waals surface area (Å²) in [5.41, 5.74) is 0. The van der Waals surface area contributed by atoms with E-state index in [1.165, 1.54) is 18.9 Å². The molecule has 0 aliphatic rings. The van der Waals surface area contributed by atoms with E-state index in [4.69, 9.17) is 9.47 Å². The molecule has 1 atom stereocenters. The number of esters is 2. The van der Waals surface area contributed by atoms with Crippen LogP contribution in [-0.4, -0.2) is 18.5 Å². The van der Waals surface area contributed by atoms with Crippen molar-refractivity contribution in [2.75, 3.05) is 6.61 Å². The Morgan fingerprint density at radius 3 is 2.21 bits per heavy atom. The molecule has 0 amide bonds. The third-order valence-corrected chi connectivity index (χ3v) is 3.30. The number of carbonyl (C=O) groups excluding carboxylic acids is 2. The van der Waals surface area contributed by atoms with Crippen molar-refractivity contribution in [2.24, 2.45) is 5.92 Å². The molecule has 0 fully saturated rings. The van der Waals surface area contributed by atoms with Gasteiger partial charge in [0.05, 0.1) is 6.61 Å². The van der Waals surface area contributed by atoms with E-state index in [-0.39, 0.29) is 5.97 Å². The van der Waals surface area contributed by atoms with E-state index in [1.54, 1.807) is 24.3 Å². The zero-order chi connectivity index (χ0) is 18.2. The molecule has 0 aliphatic heterocycles. The predicted molar refractivity (Wildman–Crippen MR) is 96.7 cm³/mol. The molecule has 0 saturated carbocycles. The molecular weight excluding hydrogens is 304 g/mol. The summed E-state index contributed by atoms with van der Waals surface area (Å²) in [4.78, 5) is 21.4. The molecule has 0 N–H and O–H groups in total. The van der Waals surface area contributed by atoms with Crippen molar-refractivity contribution < 1.29 is 19.1 Å². The molecule has 4 nitrogen and oxygen atoms in total. The largest absolute Gasteiger partial charge is 0.462 e. The van der Waals surface area contributed by atoms with E-state index < -0.39 is 5.97 Å². The molecule has 0 aromatic heterocycles. The molecule has 1 rings (SSSR count). The lowest BCUT2D eigenvalue weighted by Gasteiger charge is -2.13. The monoisotopic (exact) mass is 332 g/mol. The molecule has 0 spiro atoms. The van der Waals surface area contributed by atoms with Crippen LogP contribution in [0.25, 0.3) is 0 Å². The van der Waals surface area contributed by atoms with Crippen LogP contribution in [-0.2, 0) is 14.3 Å². The van der Waals surface area contributed by atoms with Crippen molar-refractivity contribution in [3.63, 3.8) is 0 Å². The Morgan fingerprint density at radius 1 is 1.08 bits per heavy atom. The SMILES string of the molecule is C=CC(=O)OCC(CC)CCCC.C=CC(=O)Oc1ccccc1. The molecule has 0 radical (unpaired) electrons. The highest BCUT2D eigenvalue weighted by Gasteiger charge is 2.07. The summed E-state index contributed by atoms with van der Waals surface area (Å²) in [5.74, 6) is 0.312. The summed E-state index contributed by atoms with van der Waals surface area (Å²) < 4.78 is 9.79. The van der Waals surface area contributed by atoms with Gasteiger partial charge < -0.3 is 9.47 Å². The van der Waals surface area contributed by atoms with Crippen LogP contribution >= 0.6 is 0 Å². The first-order chi connectivity index (χ1) is 11.6. The average Bonchev–Trinajstić information content (AvgIpc) is 2.62. The first-order valence-electron chi connectivity index (χ1n) is 8.25.